The predicted molar refractivity (Wildman–Crippen MR) is 131 cm³/mol. The molecular weight excluding hydrogens is 384 g/mol. The third kappa shape index (κ3) is 3.50. The molecule has 0 aliphatic heterocycles. The van der Waals surface area contributed by atoms with Gasteiger partial charge in [-0.25, -0.2) is 10.0 Å². The molecule has 152 valence electrons. The Kier molecular flexibility index (Phi) is 5.26. The Hall–Kier alpha value is -2.71. The van der Waals surface area contributed by atoms with Gasteiger partial charge in [0.05, 0.1) is 6.61 Å². The molecule has 2 heteroatoms. The van der Waals surface area contributed by atoms with E-state index in [9.17, 15) is 0 Å². The summed E-state index contributed by atoms with van der Waals surface area (Å²) >= 11 is 0. The molecule has 0 radical (unpaired) electrons. The van der Waals surface area contributed by atoms with Gasteiger partial charge in [0.2, 0.25) is 0 Å². The second-order valence-corrected chi connectivity index (χ2v) is 12.1. The van der Waals surface area contributed by atoms with Crippen LogP contribution in [-0.4, -0.2) is 18.6 Å². The molecule has 0 fully saturated rings. The fourth-order valence-electron chi connectivity index (χ4n) is 4.86. The molecule has 0 amide bonds. The predicted octanol–water partition coefficient (Wildman–Crippen LogP) is 7.43. The molecule has 0 saturated heterocycles. The largest absolute Gasteiger partial charge is 0.494 e. The van der Waals surface area contributed by atoms with Gasteiger partial charge in [-0.3, -0.25) is 0 Å². The topological polar surface area (TPSA) is 9.23 Å². The molecule has 3 aromatic carbocycles. The van der Waals surface area contributed by atoms with Crippen LogP contribution in [0.3, 0.4) is 0 Å². The molecule has 2 unspecified atom stereocenters. The van der Waals surface area contributed by atoms with Crippen molar-refractivity contribution in [3.8, 4) is 5.75 Å². The van der Waals surface area contributed by atoms with Crippen LogP contribution >= 0.6 is 10.0 Å². The van der Waals surface area contributed by atoms with Gasteiger partial charge in [0.15, 0.2) is 0 Å². The minimum Gasteiger partial charge on any atom is -0.494 e. The van der Waals surface area contributed by atoms with Crippen LogP contribution in [0.25, 0.3) is 12.2 Å². The third-order valence-electron chi connectivity index (χ3n) is 6.41. The van der Waals surface area contributed by atoms with Crippen LogP contribution in [0, 0.1) is 0 Å². The lowest BCUT2D eigenvalue weighted by Crippen LogP contribution is -2.19. The van der Waals surface area contributed by atoms with Crippen molar-refractivity contribution >= 4 is 22.2 Å². The highest BCUT2D eigenvalue weighted by molar-refractivity contribution is 8.33. The molecule has 5 rings (SSSR count). The first-order valence-corrected chi connectivity index (χ1v) is 13.1. The summed E-state index contributed by atoms with van der Waals surface area (Å²) in [4.78, 5) is 0. The van der Waals surface area contributed by atoms with Crippen molar-refractivity contribution in [2.75, 3.05) is 18.6 Å². The maximum absolute atomic E-state index is 6.04. The van der Waals surface area contributed by atoms with Crippen molar-refractivity contribution in [2.45, 2.75) is 16.9 Å². The molecule has 30 heavy (non-hydrogen) atoms. The summed E-state index contributed by atoms with van der Waals surface area (Å²) in [6.45, 7) is 0.767. The average Bonchev–Trinajstić information content (AvgIpc) is 3.42. The van der Waals surface area contributed by atoms with E-state index in [2.05, 4.69) is 79.1 Å². The molecule has 2 aliphatic carbocycles. The van der Waals surface area contributed by atoms with E-state index in [0.717, 1.165) is 18.8 Å². The molecule has 3 aromatic rings. The number of benzene rings is 3. The summed E-state index contributed by atoms with van der Waals surface area (Å²) in [5, 5.41) is 0.984. The Morgan fingerprint density at radius 2 is 1.23 bits per heavy atom. The first-order valence-electron chi connectivity index (χ1n) is 10.7. The standard InChI is InChI=1S/C28H28OS/c1-30(21-9-20-29-24-12-3-2-4-13-24,27-18-16-22-10-5-7-14-25(22)27)28-19-17-23-11-6-8-15-26(23)28/h2-8,10-19,27-28H,9,20-21H2,1H3. The van der Waals surface area contributed by atoms with Crippen LogP contribution in [0.1, 0.15) is 39.2 Å². The molecule has 1 nitrogen and oxygen atoms in total. The van der Waals surface area contributed by atoms with Gasteiger partial charge in [-0.1, -0.05) is 91.0 Å². The van der Waals surface area contributed by atoms with Crippen LogP contribution in [-0.2, 0) is 0 Å². The summed E-state index contributed by atoms with van der Waals surface area (Å²) < 4.78 is 6.04. The average molecular weight is 413 g/mol. The van der Waals surface area contributed by atoms with Gasteiger partial charge in [-0.05, 0) is 52.8 Å². The molecule has 0 saturated carbocycles. The van der Waals surface area contributed by atoms with Gasteiger partial charge in [-0.15, -0.1) is 0 Å². The smallest absolute Gasteiger partial charge is 0.119 e. The molecule has 2 atom stereocenters. The van der Waals surface area contributed by atoms with E-state index in [0.29, 0.717) is 10.5 Å². The van der Waals surface area contributed by atoms with E-state index in [1.54, 1.807) is 0 Å². The van der Waals surface area contributed by atoms with Crippen LogP contribution in [0.2, 0.25) is 0 Å². The van der Waals surface area contributed by atoms with Crippen molar-refractivity contribution < 1.29 is 4.74 Å². The second kappa shape index (κ2) is 8.20. The van der Waals surface area contributed by atoms with E-state index < -0.39 is 10.0 Å². The third-order valence-corrected chi connectivity index (χ3v) is 10.7. The van der Waals surface area contributed by atoms with Crippen molar-refractivity contribution in [3.63, 3.8) is 0 Å². The van der Waals surface area contributed by atoms with Crippen LogP contribution in [0.5, 0.6) is 5.75 Å². The fraction of sp³-hybridized carbons (Fsp3) is 0.214. The van der Waals surface area contributed by atoms with E-state index in [4.69, 9.17) is 4.74 Å². The summed E-state index contributed by atoms with van der Waals surface area (Å²) in [5.41, 5.74) is 5.77. The number of hydrogen-bond acceptors (Lipinski definition) is 1. The SMILES string of the molecule is CS(CCCOc1ccccc1)(C1C=Cc2ccccc21)C1C=Cc2ccccc21. The highest BCUT2D eigenvalue weighted by Gasteiger charge is 2.39. The fourth-order valence-corrected chi connectivity index (χ4v) is 8.89. The van der Waals surface area contributed by atoms with Gasteiger partial charge < -0.3 is 4.74 Å². The molecule has 2 aliphatic rings. The number of hydrogen-bond donors (Lipinski definition) is 0. The summed E-state index contributed by atoms with van der Waals surface area (Å²) in [7, 11) is -1.03. The minimum absolute atomic E-state index is 0.492. The maximum atomic E-state index is 6.04. The van der Waals surface area contributed by atoms with Gasteiger partial charge in [0.25, 0.3) is 0 Å². The lowest BCUT2D eigenvalue weighted by atomic mass is 10.1. The van der Waals surface area contributed by atoms with Crippen molar-refractivity contribution in [1.29, 1.82) is 0 Å². The summed E-state index contributed by atoms with van der Waals surface area (Å²) in [6, 6.07) is 28.0. The first kappa shape index (κ1) is 19.3. The van der Waals surface area contributed by atoms with Crippen LogP contribution < -0.4 is 4.74 Å². The van der Waals surface area contributed by atoms with Gasteiger partial charge in [0.1, 0.15) is 5.75 Å². The molecule has 0 N–H and O–H groups in total. The number of para-hydroxylation sites is 1. The van der Waals surface area contributed by atoms with Crippen LogP contribution in [0.15, 0.2) is 91.0 Å². The van der Waals surface area contributed by atoms with E-state index >= 15 is 0 Å². The van der Waals surface area contributed by atoms with Crippen LogP contribution in [0.4, 0.5) is 0 Å². The number of rotatable bonds is 7. The maximum Gasteiger partial charge on any atom is 0.119 e. The number of fused-ring (bicyclic) bond motifs is 2. The first-order chi connectivity index (χ1) is 14.8. The lowest BCUT2D eigenvalue weighted by Gasteiger charge is -2.46. The highest BCUT2D eigenvalue weighted by Crippen LogP contribution is 2.71. The monoisotopic (exact) mass is 412 g/mol. The highest BCUT2D eigenvalue weighted by atomic mass is 32.3. The van der Waals surface area contributed by atoms with Crippen molar-refractivity contribution in [1.82, 2.24) is 0 Å². The quantitative estimate of drug-likeness (QED) is 0.367. The normalized spacial score (nSPS) is 21.6. The molecule has 0 heterocycles. The second-order valence-electron chi connectivity index (χ2n) is 8.27. The Morgan fingerprint density at radius 3 is 1.83 bits per heavy atom. The zero-order valence-corrected chi connectivity index (χ0v) is 18.2. The summed E-state index contributed by atoms with van der Waals surface area (Å²) in [5.74, 6) is 2.15. The Labute approximate surface area is 181 Å². The number of ether oxygens (including phenoxy) is 1. The van der Waals surface area contributed by atoms with Crippen molar-refractivity contribution in [3.05, 3.63) is 113 Å². The van der Waals surface area contributed by atoms with E-state index in [-0.39, 0.29) is 0 Å². The molecule has 0 bridgehead atoms. The summed E-state index contributed by atoms with van der Waals surface area (Å²) in [6.07, 6.45) is 13.2. The van der Waals surface area contributed by atoms with Gasteiger partial charge >= 0.3 is 0 Å². The lowest BCUT2D eigenvalue weighted by molar-refractivity contribution is 0.318. The van der Waals surface area contributed by atoms with Crippen molar-refractivity contribution in [2.24, 2.45) is 0 Å². The van der Waals surface area contributed by atoms with Gasteiger partial charge in [-0.2, -0.15) is 0 Å². The minimum atomic E-state index is -1.03. The Bertz CT molecular complexity index is 1020. The zero-order valence-electron chi connectivity index (χ0n) is 17.4. The van der Waals surface area contributed by atoms with E-state index in [1.165, 1.54) is 28.0 Å². The van der Waals surface area contributed by atoms with Gasteiger partial charge in [0, 0.05) is 10.5 Å². The molecule has 0 spiro atoms. The Morgan fingerprint density at radius 1 is 0.700 bits per heavy atom. The molecule has 0 aromatic heterocycles. The van der Waals surface area contributed by atoms with E-state index in [1.807, 2.05) is 30.3 Å². The molecular formula is C28H28OS. The Balaban J connectivity index is 1.42. The zero-order chi connectivity index (χ0) is 20.4.